The van der Waals surface area contributed by atoms with Crippen molar-refractivity contribution >= 4 is 42.8 Å². The van der Waals surface area contributed by atoms with E-state index < -0.39 is 5.91 Å². The number of nitrogens with one attached hydrogen (secondary N) is 1. The van der Waals surface area contributed by atoms with E-state index >= 15 is 0 Å². The van der Waals surface area contributed by atoms with Gasteiger partial charge in [0.2, 0.25) is 0 Å². The van der Waals surface area contributed by atoms with Gasteiger partial charge in [-0.25, -0.2) is 0 Å². The Morgan fingerprint density at radius 2 is 2.00 bits per heavy atom. The third-order valence-corrected chi connectivity index (χ3v) is 9.39. The molecule has 0 atom stereocenters. The summed E-state index contributed by atoms with van der Waals surface area (Å²) in [6.07, 6.45) is 0.871. The summed E-state index contributed by atoms with van der Waals surface area (Å²) in [7, 11) is 0. The summed E-state index contributed by atoms with van der Waals surface area (Å²) < 4.78 is 13.3. The second-order valence-corrected chi connectivity index (χ2v) is 12.2. The van der Waals surface area contributed by atoms with Gasteiger partial charge >= 0.3 is 187 Å². The van der Waals surface area contributed by atoms with E-state index in [1.165, 1.54) is 4.44 Å². The third kappa shape index (κ3) is 6.25. The van der Waals surface area contributed by atoms with Crippen molar-refractivity contribution in [2.24, 2.45) is 5.73 Å². The van der Waals surface area contributed by atoms with Gasteiger partial charge in [0.1, 0.15) is 0 Å². The van der Waals surface area contributed by atoms with Gasteiger partial charge < -0.3 is 4.74 Å². The van der Waals surface area contributed by atoms with Crippen LogP contribution in [0.2, 0.25) is 0 Å². The molecule has 10 heteroatoms. The molecule has 1 aliphatic rings. The average Bonchev–Trinajstić information content (AvgIpc) is 3.27. The van der Waals surface area contributed by atoms with E-state index in [0.717, 1.165) is 44.7 Å². The van der Waals surface area contributed by atoms with E-state index in [9.17, 15) is 9.90 Å². The maximum atomic E-state index is 12.2. The molecule has 36 heavy (non-hydrogen) atoms. The molecule has 9 nitrogen and oxygen atoms in total. The Kier molecular flexibility index (Phi) is 8.32. The van der Waals surface area contributed by atoms with Crippen LogP contribution in [0.1, 0.15) is 52.2 Å². The van der Waals surface area contributed by atoms with Crippen LogP contribution < -0.4 is 15.8 Å². The molecule has 1 aromatic carbocycles. The molecule has 3 aromatic rings. The number of aliphatic hydroxyl groups is 1. The molecule has 1 amide bonds. The Bertz CT molecular complexity index is 1230. The number of ether oxygens (including phenoxy) is 2. The molecule has 1 aliphatic heterocycles. The monoisotopic (exact) mass is 561 g/mol. The fraction of sp³-hybridized carbons (Fsp3) is 0.500. The third-order valence-electron chi connectivity index (χ3n) is 6.09. The number of aryl methyl sites for hydroxylation is 1. The molecule has 1 fully saturated rings. The summed E-state index contributed by atoms with van der Waals surface area (Å²) in [6, 6.07) is 5.73. The van der Waals surface area contributed by atoms with E-state index in [-0.39, 0.29) is 26.5 Å². The predicted molar refractivity (Wildman–Crippen MR) is 141 cm³/mol. The van der Waals surface area contributed by atoms with Gasteiger partial charge in [0.05, 0.1) is 13.2 Å². The molecular formula is C26H35N5O4Se. The van der Waals surface area contributed by atoms with Gasteiger partial charge in [0.15, 0.2) is 0 Å². The van der Waals surface area contributed by atoms with Gasteiger partial charge in [-0.3, -0.25) is 0 Å². The minimum atomic E-state index is -0.421. The first-order valence-electron chi connectivity index (χ1n) is 12.2. The summed E-state index contributed by atoms with van der Waals surface area (Å²) in [5.74, 6) is 1.34. The maximum absolute atomic E-state index is 12.2. The minimum absolute atomic E-state index is 0.0634. The molecule has 3 heterocycles. The molecule has 0 radical (unpaired) electrons. The Morgan fingerprint density at radius 3 is 2.67 bits per heavy atom. The van der Waals surface area contributed by atoms with Crippen LogP contribution in [0.4, 0.5) is 11.5 Å². The van der Waals surface area contributed by atoms with E-state index in [4.69, 9.17) is 15.2 Å². The van der Waals surface area contributed by atoms with Crippen LogP contribution in [-0.2, 0) is 16.8 Å². The SMILES string of the molecule is Cc1nc(Nc2cc(C(C)(C)C)[se]c2C(N)=O)c2cc(OCCCN3CCOCC3)c(CO)cc2n1. The molecule has 0 unspecified atom stereocenters. The van der Waals surface area contributed by atoms with Crippen molar-refractivity contribution in [3.8, 4) is 5.75 Å². The first-order valence-corrected chi connectivity index (χ1v) is 13.9. The number of aliphatic hydroxyl groups excluding tert-OH is 1. The predicted octanol–water partition coefficient (Wildman–Crippen LogP) is 2.73. The molecule has 1 saturated heterocycles. The molecule has 0 aliphatic carbocycles. The Labute approximate surface area is 217 Å². The van der Waals surface area contributed by atoms with Crippen molar-refractivity contribution in [3.05, 3.63) is 38.5 Å². The van der Waals surface area contributed by atoms with E-state index in [0.29, 0.717) is 45.2 Å². The Hall–Kier alpha value is -2.49. The fourth-order valence-electron chi connectivity index (χ4n) is 4.13. The number of benzene rings is 1. The zero-order valence-electron chi connectivity index (χ0n) is 21.4. The van der Waals surface area contributed by atoms with Gasteiger partial charge in [-0.2, -0.15) is 0 Å². The number of anilines is 2. The van der Waals surface area contributed by atoms with Gasteiger partial charge in [-0.05, 0) is 0 Å². The molecule has 0 spiro atoms. The summed E-state index contributed by atoms with van der Waals surface area (Å²) in [5, 5.41) is 14.1. The molecule has 0 bridgehead atoms. The first kappa shape index (κ1) is 26.6. The van der Waals surface area contributed by atoms with Crippen molar-refractivity contribution in [1.82, 2.24) is 14.9 Å². The number of rotatable bonds is 9. The summed E-state index contributed by atoms with van der Waals surface area (Å²) in [6.45, 7) is 13.0. The summed E-state index contributed by atoms with van der Waals surface area (Å²) in [4.78, 5) is 23.8. The topological polar surface area (TPSA) is 123 Å². The van der Waals surface area contributed by atoms with Gasteiger partial charge in [0, 0.05) is 13.1 Å². The number of amides is 1. The number of hydrogen-bond donors (Lipinski definition) is 3. The number of carbonyl (C=O) groups is 1. The normalized spacial score (nSPS) is 14.8. The van der Waals surface area contributed by atoms with Crippen LogP contribution in [0.3, 0.4) is 0 Å². The zero-order chi connectivity index (χ0) is 25.9. The number of morpholine rings is 1. The van der Waals surface area contributed by atoms with Gasteiger partial charge in [-0.15, -0.1) is 0 Å². The number of carbonyl (C=O) groups excluding carboxylic acids is 1. The fourth-order valence-corrected chi connectivity index (χ4v) is 6.27. The van der Waals surface area contributed by atoms with E-state index in [1.807, 2.05) is 25.1 Å². The molecule has 4 N–H and O–H groups in total. The standard InChI is InChI=1S/C26H35N5O4Se/c1-16-28-19-12-17(15-32)21(35-9-5-6-31-7-10-34-11-8-31)13-18(19)25(29-16)30-20-14-22(26(2,3)4)36-23(20)24(27)33/h12-14,32H,5-11,15H2,1-4H3,(H2,27,33)(H,28,29,30). The molecule has 0 saturated carbocycles. The van der Waals surface area contributed by atoms with Crippen molar-refractivity contribution in [3.63, 3.8) is 0 Å². The number of nitrogens with zero attached hydrogens (tertiary/aromatic N) is 3. The molecule has 194 valence electrons. The summed E-state index contributed by atoms with van der Waals surface area (Å²) in [5.41, 5.74) is 7.72. The van der Waals surface area contributed by atoms with Crippen LogP contribution in [0.25, 0.3) is 10.9 Å². The van der Waals surface area contributed by atoms with Crippen LogP contribution in [0.5, 0.6) is 5.75 Å². The quantitative estimate of drug-likeness (QED) is 0.270. The summed E-state index contributed by atoms with van der Waals surface area (Å²) >= 11 is -0.150. The first-order chi connectivity index (χ1) is 17.2. The van der Waals surface area contributed by atoms with Crippen molar-refractivity contribution < 1.29 is 19.4 Å². The average molecular weight is 561 g/mol. The second kappa shape index (κ2) is 11.3. The molecule has 2 aromatic heterocycles. The zero-order valence-corrected chi connectivity index (χ0v) is 23.1. The van der Waals surface area contributed by atoms with Crippen LogP contribution in [0.15, 0.2) is 18.2 Å². The van der Waals surface area contributed by atoms with Crippen LogP contribution >= 0.6 is 0 Å². The van der Waals surface area contributed by atoms with Crippen LogP contribution in [-0.4, -0.2) is 79.8 Å². The second-order valence-electron chi connectivity index (χ2n) is 10.0. The van der Waals surface area contributed by atoms with E-state index in [1.54, 1.807) is 0 Å². The van der Waals surface area contributed by atoms with Crippen LogP contribution in [0, 0.1) is 6.92 Å². The van der Waals surface area contributed by atoms with E-state index in [2.05, 4.69) is 41.0 Å². The van der Waals surface area contributed by atoms with Crippen molar-refractivity contribution in [1.29, 1.82) is 0 Å². The number of hydrogen-bond acceptors (Lipinski definition) is 8. The molecule has 4 rings (SSSR count). The van der Waals surface area contributed by atoms with Crippen molar-refractivity contribution in [2.75, 3.05) is 44.8 Å². The number of primary amides is 1. The number of nitrogens with two attached hydrogens (primary N) is 1. The number of fused-ring (bicyclic) bond motifs is 1. The van der Waals surface area contributed by atoms with Crippen molar-refractivity contribution in [2.45, 2.75) is 46.1 Å². The Balaban J connectivity index is 1.61. The molecular weight excluding hydrogens is 525 g/mol. The Morgan fingerprint density at radius 1 is 1.25 bits per heavy atom. The van der Waals surface area contributed by atoms with Gasteiger partial charge in [-0.1, -0.05) is 0 Å². The number of aromatic nitrogens is 2. The van der Waals surface area contributed by atoms with Gasteiger partial charge in [0.25, 0.3) is 0 Å².